The monoisotopic (exact) mass is 529 g/mol. The lowest BCUT2D eigenvalue weighted by Crippen LogP contribution is -2.49. The molecule has 7 nitrogen and oxygen atoms in total. The van der Waals surface area contributed by atoms with Gasteiger partial charge in [-0.3, -0.25) is 0 Å². The van der Waals surface area contributed by atoms with Crippen LogP contribution in [0, 0.1) is 23.5 Å². The third kappa shape index (κ3) is 7.86. The predicted molar refractivity (Wildman–Crippen MR) is 137 cm³/mol. The second kappa shape index (κ2) is 11.7. The summed E-state index contributed by atoms with van der Waals surface area (Å²) >= 11 is 0. The van der Waals surface area contributed by atoms with Crippen LogP contribution in [-0.2, 0) is 10.0 Å². The van der Waals surface area contributed by atoms with E-state index in [1.165, 1.54) is 27.6 Å². The molecule has 0 unspecified atom stereocenters. The lowest BCUT2D eigenvalue weighted by Gasteiger charge is -2.40. The molecule has 0 aliphatic carbocycles. The molecule has 2 aliphatic heterocycles. The molecule has 204 valence electrons. The van der Waals surface area contributed by atoms with E-state index in [0.29, 0.717) is 44.0 Å². The molecule has 36 heavy (non-hydrogen) atoms. The van der Waals surface area contributed by atoms with E-state index in [0.717, 1.165) is 45.0 Å². The number of amides is 1. The number of likely N-dealkylation sites (tertiary alicyclic amines) is 1. The van der Waals surface area contributed by atoms with Gasteiger partial charge in [-0.15, -0.1) is 0 Å². The van der Waals surface area contributed by atoms with Gasteiger partial charge in [0.15, 0.2) is 0 Å². The first-order chi connectivity index (χ1) is 16.7. The number of sulfonamides is 1. The molecule has 1 amide bonds. The van der Waals surface area contributed by atoms with Gasteiger partial charge in [-0.1, -0.05) is 0 Å². The third-order valence-corrected chi connectivity index (χ3v) is 9.10. The normalized spacial score (nSPS) is 20.4. The van der Waals surface area contributed by atoms with Crippen LogP contribution in [0.5, 0.6) is 0 Å². The molecule has 0 spiro atoms. The average Bonchev–Trinajstić information content (AvgIpc) is 2.76. The molecule has 3 rings (SSSR count). The van der Waals surface area contributed by atoms with Crippen molar-refractivity contribution in [2.45, 2.75) is 64.3 Å². The van der Waals surface area contributed by atoms with Crippen molar-refractivity contribution >= 4 is 16.1 Å². The summed E-state index contributed by atoms with van der Waals surface area (Å²) in [5, 5.41) is 9.59. The van der Waals surface area contributed by atoms with E-state index in [-0.39, 0.29) is 11.8 Å². The van der Waals surface area contributed by atoms with E-state index in [1.54, 1.807) is 0 Å². The number of halogens is 2. The highest BCUT2D eigenvalue weighted by Gasteiger charge is 2.33. The van der Waals surface area contributed by atoms with E-state index in [1.807, 2.05) is 20.8 Å². The Morgan fingerprint density at radius 1 is 1.06 bits per heavy atom. The van der Waals surface area contributed by atoms with Crippen LogP contribution >= 0.6 is 0 Å². The minimum absolute atomic E-state index is 0.0574. The lowest BCUT2D eigenvalue weighted by atomic mass is 9.78. The molecule has 1 aromatic carbocycles. The Bertz CT molecular complexity index is 979. The average molecular weight is 530 g/mol. The molecular formula is C26H41F2N3O4S. The molecule has 2 heterocycles. The fourth-order valence-electron chi connectivity index (χ4n) is 5.68. The predicted octanol–water partition coefficient (Wildman–Crippen LogP) is 4.60. The number of carbonyl (C=O) groups is 1. The maximum Gasteiger partial charge on any atom is 0.407 e. The van der Waals surface area contributed by atoms with Crippen molar-refractivity contribution in [1.29, 1.82) is 0 Å². The zero-order valence-corrected chi connectivity index (χ0v) is 22.7. The summed E-state index contributed by atoms with van der Waals surface area (Å²) in [6.07, 6.45) is 4.20. The second-order valence-electron chi connectivity index (χ2n) is 11.4. The molecule has 2 aliphatic rings. The van der Waals surface area contributed by atoms with E-state index < -0.39 is 33.3 Å². The van der Waals surface area contributed by atoms with Gasteiger partial charge in [0.25, 0.3) is 0 Å². The SMILES string of the molecule is CC(C)(C)N(CC1CCN(CC[C@@H](c2cc(F)cc(F)c2)C2CCN(S(C)(=O)=O)CC2)CC1)C(=O)O. The molecular weight excluding hydrogens is 488 g/mol. The Hall–Kier alpha value is -1.78. The van der Waals surface area contributed by atoms with Gasteiger partial charge in [-0.25, -0.2) is 26.3 Å². The first kappa shape index (κ1) is 28.8. The van der Waals surface area contributed by atoms with Crippen LogP contribution in [0.15, 0.2) is 18.2 Å². The van der Waals surface area contributed by atoms with Crippen molar-refractivity contribution in [1.82, 2.24) is 14.1 Å². The van der Waals surface area contributed by atoms with Gasteiger partial charge in [0.05, 0.1) is 6.26 Å². The molecule has 1 atom stereocenters. The van der Waals surface area contributed by atoms with Crippen molar-refractivity contribution in [3.63, 3.8) is 0 Å². The Kier molecular flexibility index (Phi) is 9.38. The summed E-state index contributed by atoms with van der Waals surface area (Å²) in [6.45, 7) is 9.61. The molecule has 0 radical (unpaired) electrons. The number of piperidine rings is 2. The number of hydrogen-bond donors (Lipinski definition) is 1. The van der Waals surface area contributed by atoms with Crippen LogP contribution in [0.2, 0.25) is 0 Å². The quantitative estimate of drug-likeness (QED) is 0.532. The highest BCUT2D eigenvalue weighted by atomic mass is 32.2. The summed E-state index contributed by atoms with van der Waals surface area (Å²) in [5.74, 6) is -0.780. The van der Waals surface area contributed by atoms with Gasteiger partial charge in [-0.05, 0) is 108 Å². The van der Waals surface area contributed by atoms with E-state index in [9.17, 15) is 27.1 Å². The molecule has 0 aromatic heterocycles. The van der Waals surface area contributed by atoms with Crippen molar-refractivity contribution < 1.29 is 27.1 Å². The molecule has 10 heteroatoms. The summed E-state index contributed by atoms with van der Waals surface area (Å²) in [5.41, 5.74) is 0.200. The van der Waals surface area contributed by atoms with Gasteiger partial charge in [-0.2, -0.15) is 0 Å². The van der Waals surface area contributed by atoms with E-state index in [4.69, 9.17) is 0 Å². The number of carboxylic acid groups (broad SMARTS) is 1. The van der Waals surface area contributed by atoms with Gasteiger partial charge in [0.2, 0.25) is 10.0 Å². The minimum atomic E-state index is -3.25. The molecule has 0 saturated carbocycles. The van der Waals surface area contributed by atoms with Crippen molar-refractivity contribution in [2.75, 3.05) is 45.5 Å². The summed E-state index contributed by atoms with van der Waals surface area (Å²) in [4.78, 5) is 15.6. The number of benzene rings is 1. The van der Waals surface area contributed by atoms with Crippen LogP contribution in [0.4, 0.5) is 13.6 Å². The fourth-order valence-corrected chi connectivity index (χ4v) is 6.56. The fraction of sp³-hybridized carbons (Fsp3) is 0.731. The van der Waals surface area contributed by atoms with E-state index >= 15 is 0 Å². The standard InChI is InChI=1S/C26H41F2N3O4S/c1-26(2,3)31(25(32)33)18-19-5-10-29(11-6-19)12-9-24(21-15-22(27)17-23(28)16-21)20-7-13-30(14-8-20)36(4,34)35/h15-17,19-20,24H,5-14,18H2,1-4H3,(H,32,33)/t24-/m1/s1. The van der Waals surface area contributed by atoms with Crippen molar-refractivity contribution in [3.8, 4) is 0 Å². The van der Waals surface area contributed by atoms with Gasteiger partial charge in [0.1, 0.15) is 11.6 Å². The minimum Gasteiger partial charge on any atom is -0.465 e. The largest absolute Gasteiger partial charge is 0.465 e. The Morgan fingerprint density at radius 2 is 1.61 bits per heavy atom. The number of nitrogens with zero attached hydrogens (tertiary/aromatic N) is 3. The van der Waals surface area contributed by atoms with Crippen LogP contribution in [-0.4, -0.2) is 84.8 Å². The molecule has 1 N–H and O–H groups in total. The van der Waals surface area contributed by atoms with Crippen LogP contribution in [0.25, 0.3) is 0 Å². The summed E-state index contributed by atoms with van der Waals surface area (Å²) in [7, 11) is -3.25. The maximum atomic E-state index is 14.1. The first-order valence-electron chi connectivity index (χ1n) is 12.9. The Morgan fingerprint density at radius 3 is 2.08 bits per heavy atom. The lowest BCUT2D eigenvalue weighted by molar-refractivity contribution is 0.0733. The van der Waals surface area contributed by atoms with Gasteiger partial charge < -0.3 is 14.9 Å². The summed E-state index contributed by atoms with van der Waals surface area (Å²) in [6, 6.07) is 3.71. The molecule has 2 fully saturated rings. The zero-order valence-electron chi connectivity index (χ0n) is 21.9. The molecule has 2 saturated heterocycles. The zero-order chi connectivity index (χ0) is 26.7. The topological polar surface area (TPSA) is 81.2 Å². The smallest absolute Gasteiger partial charge is 0.407 e. The summed E-state index contributed by atoms with van der Waals surface area (Å²) < 4.78 is 53.5. The number of hydrogen-bond acceptors (Lipinski definition) is 4. The van der Waals surface area contributed by atoms with Crippen LogP contribution in [0.1, 0.15) is 64.4 Å². The Labute approximate surface area is 214 Å². The van der Waals surface area contributed by atoms with E-state index in [2.05, 4.69) is 4.90 Å². The van der Waals surface area contributed by atoms with Crippen LogP contribution < -0.4 is 0 Å². The maximum absolute atomic E-state index is 14.1. The Balaban J connectivity index is 1.62. The highest BCUT2D eigenvalue weighted by Crippen LogP contribution is 2.37. The second-order valence-corrected chi connectivity index (χ2v) is 13.4. The van der Waals surface area contributed by atoms with Crippen LogP contribution in [0.3, 0.4) is 0 Å². The highest BCUT2D eigenvalue weighted by molar-refractivity contribution is 7.88. The van der Waals surface area contributed by atoms with Crippen molar-refractivity contribution in [2.24, 2.45) is 11.8 Å². The first-order valence-corrected chi connectivity index (χ1v) is 14.7. The third-order valence-electron chi connectivity index (χ3n) is 7.79. The van der Waals surface area contributed by atoms with Gasteiger partial charge in [0, 0.05) is 31.2 Å². The van der Waals surface area contributed by atoms with Gasteiger partial charge >= 0.3 is 6.09 Å². The van der Waals surface area contributed by atoms with Crippen molar-refractivity contribution in [3.05, 3.63) is 35.4 Å². The molecule has 1 aromatic rings. The molecule has 0 bridgehead atoms. The number of rotatable bonds is 8.